The predicted molar refractivity (Wildman–Crippen MR) is 150 cm³/mol. The van der Waals surface area contributed by atoms with E-state index in [-0.39, 0.29) is 17.3 Å². The summed E-state index contributed by atoms with van der Waals surface area (Å²) in [7, 11) is 3.05. The Hall–Kier alpha value is -4.26. The minimum atomic E-state index is -1.67. The summed E-state index contributed by atoms with van der Waals surface area (Å²) in [5.74, 6) is -1.22. The minimum absolute atomic E-state index is 0.147. The molecule has 2 aliphatic heterocycles. The molecule has 2 heterocycles. The molecule has 3 aliphatic rings. The third kappa shape index (κ3) is 3.36. The number of nitrogens with zero attached hydrogens (tertiary/aromatic N) is 1. The van der Waals surface area contributed by atoms with Crippen LogP contribution in [0.15, 0.2) is 66.7 Å². The molecule has 3 aromatic carbocycles. The van der Waals surface area contributed by atoms with E-state index < -0.39 is 34.6 Å². The number of ether oxygens (including phenoxy) is 2. The number of hydrogen-bond donors (Lipinski definition) is 0. The van der Waals surface area contributed by atoms with Gasteiger partial charge in [0.05, 0.1) is 26.3 Å². The van der Waals surface area contributed by atoms with Gasteiger partial charge >= 0.3 is 0 Å². The molecule has 0 unspecified atom stereocenters. The zero-order valence-electron chi connectivity index (χ0n) is 23.0. The number of ketones is 3. The first-order valence-electron chi connectivity index (χ1n) is 13.3. The van der Waals surface area contributed by atoms with Crippen LogP contribution in [0.4, 0.5) is 10.1 Å². The van der Waals surface area contributed by atoms with Gasteiger partial charge in [-0.3, -0.25) is 14.4 Å². The number of Topliss-reactive ketones (excluding diaryl/α,β-unsaturated/α-hetero) is 3. The Morgan fingerprint density at radius 3 is 2.20 bits per heavy atom. The SMILES string of the molecule is COc1ccc(OC)c([C@H]2[C@H](C(=O)C(C)(C)C)N3c4ccc(F)cc4C=C[C@@H]3C23C(=O)c2ccccc2C3=O)c1. The molecule has 1 spiro atoms. The Kier molecular flexibility index (Phi) is 5.77. The second-order valence-corrected chi connectivity index (χ2v) is 11.6. The van der Waals surface area contributed by atoms with Crippen LogP contribution in [-0.2, 0) is 4.79 Å². The van der Waals surface area contributed by atoms with Crippen LogP contribution < -0.4 is 14.4 Å². The van der Waals surface area contributed by atoms with Crippen molar-refractivity contribution >= 4 is 29.1 Å². The molecule has 204 valence electrons. The van der Waals surface area contributed by atoms with Crippen molar-refractivity contribution in [3.05, 3.63) is 94.8 Å². The molecular weight excluding hydrogens is 509 g/mol. The molecule has 0 radical (unpaired) electrons. The number of halogens is 1. The molecule has 0 amide bonds. The molecule has 0 bridgehead atoms. The minimum Gasteiger partial charge on any atom is -0.497 e. The van der Waals surface area contributed by atoms with E-state index in [1.807, 2.05) is 25.7 Å². The smallest absolute Gasteiger partial charge is 0.180 e. The van der Waals surface area contributed by atoms with Crippen molar-refractivity contribution in [1.82, 2.24) is 0 Å². The number of anilines is 1. The van der Waals surface area contributed by atoms with Gasteiger partial charge in [0.25, 0.3) is 0 Å². The number of hydrogen-bond acceptors (Lipinski definition) is 6. The predicted octanol–water partition coefficient (Wildman–Crippen LogP) is 5.89. The van der Waals surface area contributed by atoms with E-state index in [4.69, 9.17) is 9.47 Å². The summed E-state index contributed by atoms with van der Waals surface area (Å²) < 4.78 is 25.7. The normalized spacial score (nSPS) is 22.2. The number of methoxy groups -OCH3 is 2. The molecule has 7 heteroatoms. The van der Waals surface area contributed by atoms with Crippen molar-refractivity contribution in [2.45, 2.75) is 38.8 Å². The summed E-state index contributed by atoms with van der Waals surface area (Å²) in [6.07, 6.45) is 3.52. The van der Waals surface area contributed by atoms with Crippen LogP contribution in [0.3, 0.4) is 0 Å². The van der Waals surface area contributed by atoms with Gasteiger partial charge in [-0.15, -0.1) is 0 Å². The highest BCUT2D eigenvalue weighted by atomic mass is 19.1. The van der Waals surface area contributed by atoms with Crippen LogP contribution >= 0.6 is 0 Å². The van der Waals surface area contributed by atoms with Gasteiger partial charge in [0.15, 0.2) is 17.3 Å². The van der Waals surface area contributed by atoms with Crippen molar-refractivity contribution in [1.29, 1.82) is 0 Å². The van der Waals surface area contributed by atoms with Crippen molar-refractivity contribution in [3.8, 4) is 11.5 Å². The lowest BCUT2D eigenvalue weighted by Gasteiger charge is -2.38. The van der Waals surface area contributed by atoms with Crippen LogP contribution in [0.1, 0.15) is 58.5 Å². The number of carbonyl (C=O) groups is 3. The van der Waals surface area contributed by atoms with Crippen LogP contribution in [0.25, 0.3) is 6.08 Å². The summed E-state index contributed by atoms with van der Waals surface area (Å²) in [5, 5.41) is 0. The van der Waals surface area contributed by atoms with Crippen molar-refractivity contribution in [2.75, 3.05) is 19.1 Å². The summed E-state index contributed by atoms with van der Waals surface area (Å²) in [6.45, 7) is 5.48. The topological polar surface area (TPSA) is 72.9 Å². The first-order valence-corrected chi connectivity index (χ1v) is 13.3. The zero-order chi connectivity index (χ0) is 28.6. The second-order valence-electron chi connectivity index (χ2n) is 11.6. The van der Waals surface area contributed by atoms with Gasteiger partial charge in [0.2, 0.25) is 0 Å². The molecule has 0 N–H and O–H groups in total. The lowest BCUT2D eigenvalue weighted by atomic mass is 9.63. The molecule has 40 heavy (non-hydrogen) atoms. The highest BCUT2D eigenvalue weighted by Gasteiger charge is 2.72. The summed E-state index contributed by atoms with van der Waals surface area (Å²) in [5.41, 5.74) is -0.126. The largest absolute Gasteiger partial charge is 0.497 e. The average molecular weight is 540 g/mol. The van der Waals surface area contributed by atoms with Gasteiger partial charge in [-0.05, 0) is 36.4 Å². The first kappa shape index (κ1) is 26.0. The van der Waals surface area contributed by atoms with Crippen molar-refractivity contribution in [3.63, 3.8) is 0 Å². The Balaban J connectivity index is 1.74. The zero-order valence-corrected chi connectivity index (χ0v) is 23.0. The average Bonchev–Trinajstić information content (AvgIpc) is 3.37. The van der Waals surface area contributed by atoms with E-state index in [0.717, 1.165) is 0 Å². The fraction of sp³-hybridized carbons (Fsp3) is 0.303. The molecule has 6 nitrogen and oxygen atoms in total. The molecule has 3 atom stereocenters. The van der Waals surface area contributed by atoms with Crippen molar-refractivity contribution in [2.24, 2.45) is 10.8 Å². The third-order valence-electron chi connectivity index (χ3n) is 8.55. The Morgan fingerprint density at radius 1 is 0.925 bits per heavy atom. The molecule has 0 saturated carbocycles. The Labute approximate surface area is 232 Å². The number of carbonyl (C=O) groups excluding carboxylic acids is 3. The van der Waals surface area contributed by atoms with Gasteiger partial charge in [0.1, 0.15) is 22.7 Å². The van der Waals surface area contributed by atoms with Gasteiger partial charge in [-0.1, -0.05) is 57.2 Å². The molecule has 1 aliphatic carbocycles. The summed E-state index contributed by atoms with van der Waals surface area (Å²) in [6, 6.07) is 14.7. The van der Waals surface area contributed by atoms with E-state index in [2.05, 4.69) is 0 Å². The fourth-order valence-corrected chi connectivity index (χ4v) is 6.82. The van der Waals surface area contributed by atoms with E-state index in [9.17, 15) is 18.8 Å². The molecule has 1 saturated heterocycles. The molecule has 6 rings (SSSR count). The highest BCUT2D eigenvalue weighted by molar-refractivity contribution is 6.32. The van der Waals surface area contributed by atoms with E-state index in [0.29, 0.717) is 39.4 Å². The van der Waals surface area contributed by atoms with Crippen LogP contribution in [-0.4, -0.2) is 43.7 Å². The van der Waals surface area contributed by atoms with E-state index in [1.165, 1.54) is 26.4 Å². The van der Waals surface area contributed by atoms with E-state index >= 15 is 0 Å². The van der Waals surface area contributed by atoms with Gasteiger partial charge < -0.3 is 14.4 Å². The lowest BCUT2D eigenvalue weighted by molar-refractivity contribution is -0.127. The summed E-state index contributed by atoms with van der Waals surface area (Å²) in [4.78, 5) is 45.8. The standard InChI is InChI=1S/C33H30FNO5/c1-32(2,3)31(38)28-27(23-17-20(39-4)12-14-25(23)40-5)33(29(36)21-8-6-7-9-22(21)30(33)37)26-15-10-18-16-19(34)11-13-24(18)35(26)28/h6-17,26-28H,1-5H3/t26-,27+,28-/m1/s1. The second kappa shape index (κ2) is 8.88. The first-order chi connectivity index (χ1) is 19.0. The maximum Gasteiger partial charge on any atom is 0.180 e. The lowest BCUT2D eigenvalue weighted by Crippen LogP contribution is -2.49. The number of benzene rings is 3. The maximum absolute atomic E-state index is 14.7. The van der Waals surface area contributed by atoms with Gasteiger partial charge in [-0.25, -0.2) is 4.39 Å². The molecule has 0 aromatic heterocycles. The third-order valence-corrected chi connectivity index (χ3v) is 8.55. The van der Waals surface area contributed by atoms with Crippen LogP contribution in [0.2, 0.25) is 0 Å². The van der Waals surface area contributed by atoms with E-state index in [1.54, 1.807) is 60.7 Å². The monoisotopic (exact) mass is 539 g/mol. The number of rotatable bonds is 4. The van der Waals surface area contributed by atoms with Crippen LogP contribution in [0, 0.1) is 16.6 Å². The highest BCUT2D eigenvalue weighted by Crippen LogP contribution is 2.62. The molecule has 3 aromatic rings. The van der Waals surface area contributed by atoms with Crippen molar-refractivity contribution < 1.29 is 28.2 Å². The van der Waals surface area contributed by atoms with Crippen LogP contribution in [0.5, 0.6) is 11.5 Å². The molecule has 1 fully saturated rings. The fourth-order valence-electron chi connectivity index (χ4n) is 6.82. The summed E-state index contributed by atoms with van der Waals surface area (Å²) >= 11 is 0. The maximum atomic E-state index is 14.7. The Bertz CT molecular complexity index is 1580. The quantitative estimate of drug-likeness (QED) is 0.385. The molecular formula is C33H30FNO5. The van der Waals surface area contributed by atoms with Gasteiger partial charge in [-0.2, -0.15) is 0 Å². The van der Waals surface area contributed by atoms with Gasteiger partial charge in [0, 0.05) is 39.3 Å². The Morgan fingerprint density at radius 2 is 1.60 bits per heavy atom. The number of fused-ring (bicyclic) bond motifs is 5.